The first kappa shape index (κ1) is 13.0. The molecule has 0 N–H and O–H groups in total. The van der Waals surface area contributed by atoms with Crippen molar-refractivity contribution in [1.82, 2.24) is 0 Å². The van der Waals surface area contributed by atoms with Gasteiger partial charge in [-0.05, 0) is 12.2 Å². The highest BCUT2D eigenvalue weighted by Gasteiger charge is 2.36. The molecule has 0 saturated carbocycles. The highest BCUT2D eigenvalue weighted by atomic mass is 32.1. The highest BCUT2D eigenvalue weighted by molar-refractivity contribution is 7.80. The maximum absolute atomic E-state index is 11.2. The molecule has 13 heavy (non-hydrogen) atoms. The second kappa shape index (κ2) is 6.42. The molecule has 0 saturated heterocycles. The number of thiol groups is 1. The van der Waals surface area contributed by atoms with Crippen LogP contribution in [0.5, 0.6) is 0 Å². The molecule has 0 amide bonds. The van der Waals surface area contributed by atoms with Crippen molar-refractivity contribution in [3.05, 3.63) is 0 Å². The third kappa shape index (κ3) is 5.30. The summed E-state index contributed by atoms with van der Waals surface area (Å²) in [6, 6.07) is 0. The molecule has 4 nitrogen and oxygen atoms in total. The lowest BCUT2D eigenvalue weighted by Crippen LogP contribution is -2.42. The highest BCUT2D eigenvalue weighted by Crippen LogP contribution is 2.08. The first-order valence-corrected chi connectivity index (χ1v) is 6.86. The lowest BCUT2D eigenvalue weighted by Gasteiger charge is -2.21. The second-order valence-corrected chi connectivity index (χ2v) is 5.76. The van der Waals surface area contributed by atoms with E-state index in [0.717, 1.165) is 0 Å². The molecule has 0 atom stereocenters. The van der Waals surface area contributed by atoms with Crippen LogP contribution in [0.25, 0.3) is 0 Å². The smallest absolute Gasteiger partial charge is 0.473 e. The standard InChI is InChI=1S/C7H16O4SSi/c1-9-13(3,10-2)11-7(8)5-4-6-12/h12H,4-6H2,1-3H3. The molecule has 0 heterocycles. The molecule has 0 aliphatic heterocycles. The monoisotopic (exact) mass is 224 g/mol. The third-order valence-corrected chi connectivity index (χ3v) is 3.98. The van der Waals surface area contributed by atoms with Crippen molar-refractivity contribution in [2.45, 2.75) is 19.4 Å². The number of carbonyl (C=O) groups excluding carboxylic acids is 1. The van der Waals surface area contributed by atoms with E-state index in [1.54, 1.807) is 6.55 Å². The van der Waals surface area contributed by atoms with Crippen LogP contribution in [0.1, 0.15) is 12.8 Å². The molecule has 0 aromatic carbocycles. The Bertz CT molecular complexity index is 161. The van der Waals surface area contributed by atoms with Gasteiger partial charge in [-0.25, -0.2) is 0 Å². The van der Waals surface area contributed by atoms with Crippen LogP contribution in [-0.4, -0.2) is 34.7 Å². The molecule has 78 valence electrons. The van der Waals surface area contributed by atoms with Crippen LogP contribution in [0.4, 0.5) is 0 Å². The Hall–Kier alpha value is -0.0431. The van der Waals surface area contributed by atoms with Crippen molar-refractivity contribution in [2.75, 3.05) is 20.0 Å². The molecule has 0 unspecified atom stereocenters. The average molecular weight is 224 g/mol. The van der Waals surface area contributed by atoms with Gasteiger partial charge >= 0.3 is 8.80 Å². The molecule has 0 aromatic rings. The van der Waals surface area contributed by atoms with E-state index in [2.05, 4.69) is 12.6 Å². The minimum atomic E-state index is -2.68. The Kier molecular flexibility index (Phi) is 6.40. The second-order valence-electron chi connectivity index (χ2n) is 2.57. The number of hydrogen-bond donors (Lipinski definition) is 1. The van der Waals surface area contributed by atoms with E-state index in [0.29, 0.717) is 18.6 Å². The summed E-state index contributed by atoms with van der Waals surface area (Å²) in [5.74, 6) is 0.389. The molecule has 6 heteroatoms. The molecule has 0 fully saturated rings. The van der Waals surface area contributed by atoms with Gasteiger partial charge in [0.2, 0.25) is 0 Å². The minimum absolute atomic E-state index is 0.285. The van der Waals surface area contributed by atoms with Gasteiger partial charge in [-0.1, -0.05) is 0 Å². The molecule has 0 aliphatic carbocycles. The fraction of sp³-hybridized carbons (Fsp3) is 0.857. The average Bonchev–Trinajstić information content (AvgIpc) is 2.14. The summed E-state index contributed by atoms with van der Waals surface area (Å²) in [6.45, 7) is 1.67. The van der Waals surface area contributed by atoms with Crippen molar-refractivity contribution >= 4 is 27.4 Å². The van der Waals surface area contributed by atoms with Crippen molar-refractivity contribution in [2.24, 2.45) is 0 Å². The topological polar surface area (TPSA) is 44.8 Å². The zero-order valence-corrected chi connectivity index (χ0v) is 10.1. The van der Waals surface area contributed by atoms with Gasteiger partial charge in [0.1, 0.15) is 0 Å². The normalized spacial score (nSPS) is 11.4. The van der Waals surface area contributed by atoms with E-state index in [1.807, 2.05) is 0 Å². The van der Waals surface area contributed by atoms with E-state index in [4.69, 9.17) is 13.3 Å². The van der Waals surface area contributed by atoms with Gasteiger partial charge in [0.05, 0.1) is 0 Å². The van der Waals surface area contributed by atoms with Crippen molar-refractivity contribution in [1.29, 1.82) is 0 Å². The SMILES string of the molecule is CO[Si](C)(OC)OC(=O)CCCS. The van der Waals surface area contributed by atoms with Crippen LogP contribution < -0.4 is 0 Å². The van der Waals surface area contributed by atoms with Crippen LogP contribution >= 0.6 is 12.6 Å². The number of rotatable bonds is 6. The molecular weight excluding hydrogens is 208 g/mol. The quantitative estimate of drug-likeness (QED) is 0.542. The summed E-state index contributed by atoms with van der Waals surface area (Å²) < 4.78 is 15.0. The van der Waals surface area contributed by atoms with Crippen LogP contribution in [0.3, 0.4) is 0 Å². The van der Waals surface area contributed by atoms with Gasteiger partial charge in [-0.3, -0.25) is 4.79 Å². The first-order chi connectivity index (χ1) is 6.08. The molecule has 0 spiro atoms. The third-order valence-electron chi connectivity index (χ3n) is 1.58. The predicted molar refractivity (Wildman–Crippen MR) is 54.8 cm³/mol. The van der Waals surface area contributed by atoms with Crippen LogP contribution in [0.15, 0.2) is 0 Å². The van der Waals surface area contributed by atoms with Crippen LogP contribution in [0, 0.1) is 0 Å². The zero-order chi connectivity index (χ0) is 10.3. The number of hydrogen-bond acceptors (Lipinski definition) is 5. The largest absolute Gasteiger partial charge is 0.564 e. The van der Waals surface area contributed by atoms with Gasteiger partial charge < -0.3 is 13.3 Å². The summed E-state index contributed by atoms with van der Waals surface area (Å²) in [5.41, 5.74) is 0. The van der Waals surface area contributed by atoms with Crippen molar-refractivity contribution in [3.8, 4) is 0 Å². The summed E-state index contributed by atoms with van der Waals surface area (Å²) in [7, 11) is 0.263. The van der Waals surface area contributed by atoms with Gasteiger partial charge in [-0.2, -0.15) is 12.6 Å². The molecule has 0 aliphatic rings. The molecule has 0 aromatic heterocycles. The summed E-state index contributed by atoms with van der Waals surface area (Å²) in [5, 5.41) is 0. The van der Waals surface area contributed by atoms with E-state index >= 15 is 0 Å². The van der Waals surface area contributed by atoms with Gasteiger partial charge in [0.15, 0.2) is 0 Å². The maximum Gasteiger partial charge on any atom is 0.564 e. The van der Waals surface area contributed by atoms with Gasteiger partial charge in [0, 0.05) is 27.2 Å². The number of carbonyl (C=O) groups is 1. The Labute approximate surface area is 85.3 Å². The molecule has 0 radical (unpaired) electrons. The van der Waals surface area contributed by atoms with Crippen molar-refractivity contribution < 1.29 is 18.1 Å². The van der Waals surface area contributed by atoms with E-state index in [1.165, 1.54) is 14.2 Å². The summed E-state index contributed by atoms with van der Waals surface area (Å²) in [6.07, 6.45) is 1.07. The molecular formula is C7H16O4SSi. The first-order valence-electron chi connectivity index (χ1n) is 4.01. The molecule has 0 rings (SSSR count). The van der Waals surface area contributed by atoms with E-state index in [9.17, 15) is 4.79 Å². The maximum atomic E-state index is 11.2. The van der Waals surface area contributed by atoms with Crippen LogP contribution in [0.2, 0.25) is 6.55 Å². The molecule has 0 bridgehead atoms. The lowest BCUT2D eigenvalue weighted by atomic mass is 10.3. The van der Waals surface area contributed by atoms with E-state index in [-0.39, 0.29) is 5.97 Å². The zero-order valence-electron chi connectivity index (χ0n) is 8.20. The Balaban J connectivity index is 3.87. The Morgan fingerprint density at radius 3 is 2.31 bits per heavy atom. The summed E-state index contributed by atoms with van der Waals surface area (Å²) >= 11 is 3.99. The van der Waals surface area contributed by atoms with E-state index < -0.39 is 8.80 Å². The fourth-order valence-corrected chi connectivity index (χ4v) is 1.65. The lowest BCUT2D eigenvalue weighted by molar-refractivity contribution is -0.138. The summed E-state index contributed by atoms with van der Waals surface area (Å²) in [4.78, 5) is 11.2. The van der Waals surface area contributed by atoms with Crippen molar-refractivity contribution in [3.63, 3.8) is 0 Å². The predicted octanol–water partition coefficient (Wildman–Crippen LogP) is 1.10. The Morgan fingerprint density at radius 1 is 1.38 bits per heavy atom. The Morgan fingerprint density at radius 2 is 1.92 bits per heavy atom. The van der Waals surface area contributed by atoms with Crippen LogP contribution in [-0.2, 0) is 18.1 Å². The van der Waals surface area contributed by atoms with Gasteiger partial charge in [-0.15, -0.1) is 0 Å². The van der Waals surface area contributed by atoms with Gasteiger partial charge in [0.25, 0.3) is 5.97 Å². The fourth-order valence-electron chi connectivity index (χ4n) is 0.648. The minimum Gasteiger partial charge on any atom is -0.473 e.